The summed E-state index contributed by atoms with van der Waals surface area (Å²) in [5.74, 6) is 4.73. The van der Waals surface area contributed by atoms with Crippen molar-refractivity contribution >= 4 is 19.9 Å². The van der Waals surface area contributed by atoms with Gasteiger partial charge in [0, 0.05) is 17.2 Å². The number of ether oxygens (including phenoxy) is 1. The van der Waals surface area contributed by atoms with Crippen LogP contribution in [0, 0.1) is 23.7 Å². The Kier molecular flexibility index (Phi) is 5.10. The van der Waals surface area contributed by atoms with Crippen LogP contribution in [0.4, 0.5) is 0 Å². The third-order valence-corrected chi connectivity index (χ3v) is 12.9. The van der Waals surface area contributed by atoms with E-state index in [1.807, 2.05) is 7.11 Å². The summed E-state index contributed by atoms with van der Waals surface area (Å²) in [7, 11) is 0.0466. The maximum absolute atomic E-state index is 6.97. The SMILES string of the molecule is COC(=C1C2CC3CC1CC(Cl)(C3)C2)C1C=CC=C(O[Si](C)(C)C(C)(C)C)C1. The fraction of sp³-hybridized carbons (Fsp3) is 0.750. The van der Waals surface area contributed by atoms with Gasteiger partial charge in [-0.1, -0.05) is 32.9 Å². The number of allylic oxidation sites excluding steroid dienone is 5. The predicted molar refractivity (Wildman–Crippen MR) is 120 cm³/mol. The molecule has 4 bridgehead atoms. The summed E-state index contributed by atoms with van der Waals surface area (Å²) in [6, 6.07) is 0. The molecular formula is C24H37ClO2Si. The highest BCUT2D eigenvalue weighted by Gasteiger charge is 2.53. The summed E-state index contributed by atoms with van der Waals surface area (Å²) >= 11 is 6.97. The average molecular weight is 421 g/mol. The molecule has 156 valence electrons. The molecule has 4 saturated carbocycles. The highest BCUT2D eigenvalue weighted by molar-refractivity contribution is 6.74. The molecule has 28 heavy (non-hydrogen) atoms. The number of alkyl halides is 1. The Morgan fingerprint density at radius 2 is 1.79 bits per heavy atom. The van der Waals surface area contributed by atoms with E-state index in [2.05, 4.69) is 52.1 Å². The van der Waals surface area contributed by atoms with Gasteiger partial charge in [-0.25, -0.2) is 0 Å². The molecule has 0 spiro atoms. The average Bonchev–Trinajstić information content (AvgIpc) is 2.55. The Hall–Kier alpha value is -0.673. The van der Waals surface area contributed by atoms with Gasteiger partial charge >= 0.3 is 0 Å². The van der Waals surface area contributed by atoms with Gasteiger partial charge in [0.1, 0.15) is 5.76 Å². The molecule has 5 rings (SSSR count). The Bertz CT molecular complexity index is 709. The van der Waals surface area contributed by atoms with Crippen LogP contribution in [0.2, 0.25) is 18.1 Å². The summed E-state index contributed by atoms with van der Waals surface area (Å²) in [5.41, 5.74) is 1.60. The van der Waals surface area contributed by atoms with Crippen LogP contribution < -0.4 is 0 Å². The van der Waals surface area contributed by atoms with Crippen LogP contribution >= 0.6 is 11.6 Å². The first kappa shape index (κ1) is 20.6. The minimum Gasteiger partial charge on any atom is -0.546 e. The Balaban J connectivity index is 1.56. The van der Waals surface area contributed by atoms with Gasteiger partial charge in [0.25, 0.3) is 0 Å². The third-order valence-electron chi connectivity index (χ3n) is 8.07. The number of hydrogen-bond acceptors (Lipinski definition) is 2. The Morgan fingerprint density at radius 1 is 1.14 bits per heavy atom. The molecule has 0 aromatic carbocycles. The van der Waals surface area contributed by atoms with E-state index in [1.165, 1.54) is 25.0 Å². The summed E-state index contributed by atoms with van der Waals surface area (Å²) in [6.45, 7) is 11.6. The standard InChI is InChI=1S/C24H37ClO2Si/c1-23(2,3)28(5,6)27-20-9-7-8-17(12-20)22(26-4)21-18-10-16-11-19(21)15-24(25,13-16)14-18/h7-9,16-19H,10-15H2,1-6H3. The molecule has 4 heteroatoms. The van der Waals surface area contributed by atoms with E-state index in [-0.39, 0.29) is 9.91 Å². The van der Waals surface area contributed by atoms with Crippen molar-refractivity contribution in [2.75, 3.05) is 7.11 Å². The van der Waals surface area contributed by atoms with Gasteiger partial charge in [-0.3, -0.25) is 0 Å². The predicted octanol–water partition coefficient (Wildman–Crippen LogP) is 7.19. The molecule has 5 aliphatic carbocycles. The quantitative estimate of drug-likeness (QED) is 0.272. The maximum Gasteiger partial charge on any atom is 0.250 e. The van der Waals surface area contributed by atoms with Crippen molar-refractivity contribution in [3.8, 4) is 0 Å². The molecule has 0 heterocycles. The highest BCUT2D eigenvalue weighted by Crippen LogP contribution is 2.61. The van der Waals surface area contributed by atoms with Gasteiger partial charge in [0.05, 0.1) is 12.9 Å². The molecule has 2 nitrogen and oxygen atoms in total. The molecule has 5 aliphatic rings. The monoisotopic (exact) mass is 420 g/mol. The molecular weight excluding hydrogens is 384 g/mol. The first-order valence-electron chi connectivity index (χ1n) is 11.0. The summed E-state index contributed by atoms with van der Waals surface area (Å²) in [6.07, 6.45) is 13.7. The summed E-state index contributed by atoms with van der Waals surface area (Å²) in [4.78, 5) is 0.0672. The fourth-order valence-electron chi connectivity index (χ4n) is 5.96. The van der Waals surface area contributed by atoms with Crippen LogP contribution in [0.3, 0.4) is 0 Å². The van der Waals surface area contributed by atoms with Gasteiger partial charge in [-0.15, -0.1) is 11.6 Å². The van der Waals surface area contributed by atoms with Gasteiger partial charge in [0.2, 0.25) is 8.32 Å². The van der Waals surface area contributed by atoms with E-state index in [0.717, 1.165) is 30.9 Å². The molecule has 0 aromatic heterocycles. The van der Waals surface area contributed by atoms with Crippen molar-refractivity contribution < 1.29 is 9.16 Å². The van der Waals surface area contributed by atoms with Gasteiger partial charge in [0.15, 0.2) is 0 Å². The third kappa shape index (κ3) is 3.62. The molecule has 0 amide bonds. The zero-order valence-corrected chi connectivity index (χ0v) is 20.2. The van der Waals surface area contributed by atoms with Crippen LogP contribution in [0.5, 0.6) is 0 Å². The molecule has 3 unspecified atom stereocenters. The molecule has 3 atom stereocenters. The lowest BCUT2D eigenvalue weighted by Gasteiger charge is -2.56. The smallest absolute Gasteiger partial charge is 0.250 e. The van der Waals surface area contributed by atoms with E-state index in [9.17, 15) is 0 Å². The van der Waals surface area contributed by atoms with Crippen LogP contribution in [0.15, 0.2) is 35.3 Å². The Labute approximate surface area is 177 Å². The molecule has 0 radical (unpaired) electrons. The second kappa shape index (κ2) is 6.94. The zero-order chi connectivity index (χ0) is 20.3. The van der Waals surface area contributed by atoms with Gasteiger partial charge < -0.3 is 9.16 Å². The molecule has 0 saturated heterocycles. The van der Waals surface area contributed by atoms with Crippen LogP contribution in [-0.2, 0) is 9.16 Å². The number of methoxy groups -OCH3 is 1. The summed E-state index contributed by atoms with van der Waals surface area (Å²) < 4.78 is 12.7. The normalized spacial score (nSPS) is 37.1. The van der Waals surface area contributed by atoms with Crippen molar-refractivity contribution in [1.29, 1.82) is 0 Å². The van der Waals surface area contributed by atoms with E-state index < -0.39 is 8.32 Å². The lowest BCUT2D eigenvalue weighted by Crippen LogP contribution is -2.49. The first-order valence-corrected chi connectivity index (χ1v) is 14.3. The minimum absolute atomic E-state index is 0.0672. The van der Waals surface area contributed by atoms with E-state index in [0.29, 0.717) is 17.8 Å². The fourth-order valence-corrected chi connectivity index (χ4v) is 7.67. The summed E-state index contributed by atoms with van der Waals surface area (Å²) in [5, 5.41) is 0.211. The van der Waals surface area contributed by atoms with Crippen LogP contribution in [-0.4, -0.2) is 20.3 Å². The molecule has 0 aromatic rings. The van der Waals surface area contributed by atoms with Crippen LogP contribution in [0.25, 0.3) is 0 Å². The second-order valence-electron chi connectivity index (χ2n) is 11.2. The first-order chi connectivity index (χ1) is 13.0. The highest BCUT2D eigenvalue weighted by atomic mass is 35.5. The number of hydrogen-bond donors (Lipinski definition) is 0. The lowest BCUT2D eigenvalue weighted by atomic mass is 9.53. The largest absolute Gasteiger partial charge is 0.546 e. The topological polar surface area (TPSA) is 18.5 Å². The van der Waals surface area contributed by atoms with Gasteiger partial charge in [-0.2, -0.15) is 0 Å². The molecule has 4 fully saturated rings. The van der Waals surface area contributed by atoms with E-state index in [1.54, 1.807) is 5.57 Å². The minimum atomic E-state index is -1.82. The second-order valence-corrected chi connectivity index (χ2v) is 16.7. The molecule has 0 aliphatic heterocycles. The van der Waals surface area contributed by atoms with Crippen molar-refractivity contribution in [3.63, 3.8) is 0 Å². The maximum atomic E-state index is 6.97. The van der Waals surface area contributed by atoms with E-state index >= 15 is 0 Å². The van der Waals surface area contributed by atoms with Crippen molar-refractivity contribution in [3.05, 3.63) is 35.3 Å². The van der Waals surface area contributed by atoms with Crippen molar-refractivity contribution in [2.24, 2.45) is 23.7 Å². The van der Waals surface area contributed by atoms with E-state index in [4.69, 9.17) is 20.8 Å². The Morgan fingerprint density at radius 3 is 2.32 bits per heavy atom. The lowest BCUT2D eigenvalue weighted by molar-refractivity contribution is 0.0750. The number of rotatable bonds is 4. The molecule has 0 N–H and O–H groups in total. The zero-order valence-electron chi connectivity index (χ0n) is 18.5. The van der Waals surface area contributed by atoms with Gasteiger partial charge in [-0.05, 0) is 79.6 Å². The van der Waals surface area contributed by atoms with Crippen LogP contribution in [0.1, 0.15) is 59.3 Å². The van der Waals surface area contributed by atoms with Crippen molar-refractivity contribution in [2.45, 2.75) is 82.3 Å². The number of halogens is 1. The van der Waals surface area contributed by atoms with Crippen molar-refractivity contribution in [1.82, 2.24) is 0 Å².